The highest BCUT2D eigenvalue weighted by molar-refractivity contribution is 6.30. The van der Waals surface area contributed by atoms with E-state index in [9.17, 15) is 9.90 Å². The lowest BCUT2D eigenvalue weighted by Gasteiger charge is -2.37. The number of halogens is 1. The van der Waals surface area contributed by atoms with Gasteiger partial charge in [-0.05, 0) is 30.9 Å². The van der Waals surface area contributed by atoms with Crippen molar-refractivity contribution in [3.05, 3.63) is 23.4 Å². The molecule has 3 rings (SSSR count). The number of amides is 1. The van der Waals surface area contributed by atoms with Crippen molar-refractivity contribution in [3.63, 3.8) is 0 Å². The van der Waals surface area contributed by atoms with Gasteiger partial charge in [0.25, 0.3) is 5.91 Å². The molecule has 1 saturated carbocycles. The van der Waals surface area contributed by atoms with Crippen LogP contribution in [0.4, 0.5) is 5.82 Å². The standard InChI is InChI=1S/C17H24ClN3O2/c18-14-6-7-15(19-12-14)20-8-10-21(11-9-20)17(23)16(22)13-4-2-1-3-5-13/h6-7,12-13,16,22H,1-5,8-11H2/t16-/m1/s1. The summed E-state index contributed by atoms with van der Waals surface area (Å²) >= 11 is 5.86. The number of nitrogens with zero attached hydrogens (tertiary/aromatic N) is 3. The smallest absolute Gasteiger partial charge is 0.251 e. The van der Waals surface area contributed by atoms with Crippen molar-refractivity contribution in [2.75, 3.05) is 31.1 Å². The van der Waals surface area contributed by atoms with Crippen LogP contribution in [0.2, 0.25) is 5.02 Å². The van der Waals surface area contributed by atoms with E-state index in [4.69, 9.17) is 11.6 Å². The SMILES string of the molecule is O=C([C@H](O)C1CCCCC1)N1CCN(c2ccc(Cl)cn2)CC1. The van der Waals surface area contributed by atoms with E-state index in [0.717, 1.165) is 44.6 Å². The number of piperazine rings is 1. The number of carbonyl (C=O) groups excluding carboxylic acids is 1. The van der Waals surface area contributed by atoms with Gasteiger partial charge in [0.2, 0.25) is 0 Å². The van der Waals surface area contributed by atoms with Crippen LogP contribution in [-0.2, 0) is 4.79 Å². The fourth-order valence-corrected chi connectivity index (χ4v) is 3.66. The highest BCUT2D eigenvalue weighted by atomic mass is 35.5. The van der Waals surface area contributed by atoms with Crippen molar-refractivity contribution in [1.29, 1.82) is 0 Å². The van der Waals surface area contributed by atoms with Crippen molar-refractivity contribution < 1.29 is 9.90 Å². The minimum atomic E-state index is -0.824. The van der Waals surface area contributed by atoms with E-state index in [1.54, 1.807) is 11.1 Å². The number of hydrogen-bond donors (Lipinski definition) is 1. The maximum absolute atomic E-state index is 12.5. The summed E-state index contributed by atoms with van der Waals surface area (Å²) in [5, 5.41) is 11.0. The summed E-state index contributed by atoms with van der Waals surface area (Å²) < 4.78 is 0. The molecule has 0 aromatic carbocycles. The maximum Gasteiger partial charge on any atom is 0.251 e. The summed E-state index contributed by atoms with van der Waals surface area (Å²) in [6.45, 7) is 2.73. The molecule has 6 heteroatoms. The molecule has 2 heterocycles. The van der Waals surface area contributed by atoms with Crippen LogP contribution in [0.25, 0.3) is 0 Å². The summed E-state index contributed by atoms with van der Waals surface area (Å²) in [5.74, 6) is 0.933. The van der Waals surface area contributed by atoms with Gasteiger partial charge in [0.15, 0.2) is 0 Å². The maximum atomic E-state index is 12.5. The first-order valence-corrected chi connectivity index (χ1v) is 8.86. The Bertz CT molecular complexity index is 523. The molecule has 2 aliphatic rings. The van der Waals surface area contributed by atoms with E-state index in [-0.39, 0.29) is 11.8 Å². The number of aliphatic hydroxyl groups is 1. The fourth-order valence-electron chi connectivity index (χ4n) is 3.55. The van der Waals surface area contributed by atoms with Crippen LogP contribution >= 0.6 is 11.6 Å². The Morgan fingerprint density at radius 3 is 2.48 bits per heavy atom. The molecule has 23 heavy (non-hydrogen) atoms. The molecule has 0 spiro atoms. The van der Waals surface area contributed by atoms with Gasteiger partial charge in [-0.25, -0.2) is 4.98 Å². The summed E-state index contributed by atoms with van der Waals surface area (Å²) in [6, 6.07) is 3.73. The zero-order chi connectivity index (χ0) is 16.2. The first kappa shape index (κ1) is 16.5. The third-order valence-corrected chi connectivity index (χ3v) is 5.20. The van der Waals surface area contributed by atoms with Crippen LogP contribution in [0.1, 0.15) is 32.1 Å². The van der Waals surface area contributed by atoms with Gasteiger partial charge in [-0.3, -0.25) is 4.79 Å². The molecular weight excluding hydrogens is 314 g/mol. The molecule has 1 aliphatic carbocycles. The predicted octanol–water partition coefficient (Wildman–Crippen LogP) is 2.32. The Morgan fingerprint density at radius 2 is 1.87 bits per heavy atom. The van der Waals surface area contributed by atoms with Gasteiger partial charge in [0.05, 0.1) is 5.02 Å². The zero-order valence-corrected chi connectivity index (χ0v) is 14.1. The summed E-state index contributed by atoms with van der Waals surface area (Å²) in [4.78, 5) is 20.8. The van der Waals surface area contributed by atoms with Gasteiger partial charge in [-0.15, -0.1) is 0 Å². The highest BCUT2D eigenvalue weighted by Gasteiger charge is 2.32. The number of rotatable bonds is 3. The molecule has 1 amide bonds. The minimum absolute atomic E-state index is 0.0967. The van der Waals surface area contributed by atoms with Gasteiger partial charge in [-0.1, -0.05) is 30.9 Å². The van der Waals surface area contributed by atoms with Crippen LogP contribution in [0.15, 0.2) is 18.3 Å². The van der Waals surface area contributed by atoms with Gasteiger partial charge >= 0.3 is 0 Å². The number of hydrogen-bond acceptors (Lipinski definition) is 4. The first-order valence-electron chi connectivity index (χ1n) is 8.48. The Balaban J connectivity index is 1.53. The van der Waals surface area contributed by atoms with E-state index >= 15 is 0 Å². The molecule has 126 valence electrons. The Hall–Kier alpha value is -1.33. The van der Waals surface area contributed by atoms with Crippen LogP contribution in [0.5, 0.6) is 0 Å². The zero-order valence-electron chi connectivity index (χ0n) is 13.3. The molecule has 0 radical (unpaired) electrons. The first-order chi connectivity index (χ1) is 11.1. The highest BCUT2D eigenvalue weighted by Crippen LogP contribution is 2.27. The summed E-state index contributed by atoms with van der Waals surface area (Å²) in [6.07, 6.45) is 6.25. The number of pyridine rings is 1. The number of anilines is 1. The predicted molar refractivity (Wildman–Crippen MR) is 90.6 cm³/mol. The minimum Gasteiger partial charge on any atom is -0.383 e. The topological polar surface area (TPSA) is 56.7 Å². The Kier molecular flexibility index (Phi) is 5.38. The van der Waals surface area contributed by atoms with Crippen LogP contribution < -0.4 is 4.90 Å². The number of aliphatic hydroxyl groups excluding tert-OH is 1. The van der Waals surface area contributed by atoms with E-state index in [0.29, 0.717) is 18.1 Å². The van der Waals surface area contributed by atoms with Crippen LogP contribution in [0.3, 0.4) is 0 Å². The lowest BCUT2D eigenvalue weighted by molar-refractivity contribution is -0.144. The van der Waals surface area contributed by atoms with Gasteiger partial charge < -0.3 is 14.9 Å². The second kappa shape index (κ2) is 7.49. The molecule has 1 N–H and O–H groups in total. The molecule has 1 aromatic rings. The van der Waals surface area contributed by atoms with Crippen LogP contribution in [0, 0.1) is 5.92 Å². The average molecular weight is 338 g/mol. The van der Waals surface area contributed by atoms with Crippen molar-refractivity contribution in [2.45, 2.75) is 38.2 Å². The second-order valence-electron chi connectivity index (χ2n) is 6.49. The van der Waals surface area contributed by atoms with Crippen molar-refractivity contribution >= 4 is 23.3 Å². The van der Waals surface area contributed by atoms with Crippen molar-refractivity contribution in [2.24, 2.45) is 5.92 Å². The molecule has 1 atom stereocenters. The lowest BCUT2D eigenvalue weighted by atomic mass is 9.85. The van der Waals surface area contributed by atoms with Gasteiger partial charge in [-0.2, -0.15) is 0 Å². The Labute approximate surface area is 142 Å². The molecule has 2 fully saturated rings. The average Bonchev–Trinajstić information content (AvgIpc) is 2.62. The van der Waals surface area contributed by atoms with Crippen molar-refractivity contribution in [1.82, 2.24) is 9.88 Å². The van der Waals surface area contributed by atoms with E-state index in [1.165, 1.54) is 6.42 Å². The molecular formula is C17H24ClN3O2. The monoisotopic (exact) mass is 337 g/mol. The molecule has 1 aliphatic heterocycles. The van der Waals surface area contributed by atoms with E-state index in [1.807, 2.05) is 12.1 Å². The second-order valence-corrected chi connectivity index (χ2v) is 6.93. The van der Waals surface area contributed by atoms with Gasteiger partial charge in [0.1, 0.15) is 11.9 Å². The largest absolute Gasteiger partial charge is 0.383 e. The molecule has 0 unspecified atom stereocenters. The molecule has 0 bridgehead atoms. The summed E-state index contributed by atoms with van der Waals surface area (Å²) in [5.41, 5.74) is 0. The lowest BCUT2D eigenvalue weighted by Crippen LogP contribution is -2.53. The van der Waals surface area contributed by atoms with E-state index in [2.05, 4.69) is 9.88 Å². The molecule has 1 saturated heterocycles. The number of carbonyl (C=O) groups is 1. The third kappa shape index (κ3) is 3.96. The van der Waals surface area contributed by atoms with Crippen molar-refractivity contribution in [3.8, 4) is 0 Å². The number of aromatic nitrogens is 1. The van der Waals surface area contributed by atoms with Gasteiger partial charge in [0, 0.05) is 32.4 Å². The molecule has 1 aromatic heterocycles. The van der Waals surface area contributed by atoms with E-state index < -0.39 is 6.10 Å². The van der Waals surface area contributed by atoms with Crippen LogP contribution in [-0.4, -0.2) is 53.2 Å². The normalized spacial score (nSPS) is 21.3. The third-order valence-electron chi connectivity index (χ3n) is 4.98. The Morgan fingerprint density at radius 1 is 1.17 bits per heavy atom. The molecule has 5 nitrogen and oxygen atoms in total. The summed E-state index contributed by atoms with van der Waals surface area (Å²) in [7, 11) is 0. The fraction of sp³-hybridized carbons (Fsp3) is 0.647. The quantitative estimate of drug-likeness (QED) is 0.919.